The monoisotopic (exact) mass is 506 g/mol. The highest BCUT2D eigenvalue weighted by Crippen LogP contribution is 2.40. The lowest BCUT2D eigenvalue weighted by Gasteiger charge is -2.31. The van der Waals surface area contributed by atoms with Crippen molar-refractivity contribution in [2.75, 3.05) is 10.2 Å². The molecule has 3 unspecified atom stereocenters. The van der Waals surface area contributed by atoms with Crippen LogP contribution < -0.4 is 21.3 Å². The van der Waals surface area contributed by atoms with Crippen molar-refractivity contribution >= 4 is 40.4 Å². The van der Waals surface area contributed by atoms with Gasteiger partial charge in [0.1, 0.15) is 5.82 Å². The number of hydrogen-bond acceptors (Lipinski definition) is 5. The maximum absolute atomic E-state index is 13.7. The fraction of sp³-hybridized carbons (Fsp3) is 0.296. The van der Waals surface area contributed by atoms with E-state index >= 15 is 0 Å². The number of fused-ring (bicyclic) bond motifs is 1. The highest BCUT2D eigenvalue weighted by molar-refractivity contribution is 7.12. The fourth-order valence-corrected chi connectivity index (χ4v) is 5.60. The number of benzene rings is 2. The van der Waals surface area contributed by atoms with E-state index in [1.165, 1.54) is 23.5 Å². The average molecular weight is 507 g/mol. The van der Waals surface area contributed by atoms with E-state index in [-0.39, 0.29) is 36.2 Å². The Kier molecular flexibility index (Phi) is 6.84. The summed E-state index contributed by atoms with van der Waals surface area (Å²) in [6, 6.07) is 13.4. The molecule has 4 N–H and O–H groups in total. The molecule has 1 fully saturated rings. The summed E-state index contributed by atoms with van der Waals surface area (Å²) in [5.74, 6) is -1.26. The molecule has 3 amide bonds. The average Bonchev–Trinajstić information content (AvgIpc) is 3.36. The van der Waals surface area contributed by atoms with Crippen LogP contribution in [0.4, 0.5) is 15.8 Å². The van der Waals surface area contributed by atoms with Crippen LogP contribution in [0, 0.1) is 5.82 Å². The Morgan fingerprint density at radius 2 is 1.86 bits per heavy atom. The van der Waals surface area contributed by atoms with Crippen molar-refractivity contribution < 1.29 is 18.8 Å². The summed E-state index contributed by atoms with van der Waals surface area (Å²) in [5.41, 5.74) is 8.04. The number of nitrogens with one attached hydrogen (secondary N) is 2. The lowest BCUT2D eigenvalue weighted by Crippen LogP contribution is -2.49. The molecular formula is C27H27FN4O3S. The number of halogens is 1. The van der Waals surface area contributed by atoms with Crippen molar-refractivity contribution in [1.29, 1.82) is 0 Å². The van der Waals surface area contributed by atoms with Crippen LogP contribution in [0.2, 0.25) is 0 Å². The zero-order valence-corrected chi connectivity index (χ0v) is 20.4. The number of nitrogens with zero attached hydrogens (tertiary/aromatic N) is 1. The summed E-state index contributed by atoms with van der Waals surface area (Å²) in [6.07, 6.45) is 3.76. The minimum atomic E-state index is -0.652. The van der Waals surface area contributed by atoms with Crippen LogP contribution >= 0.6 is 11.3 Å². The van der Waals surface area contributed by atoms with Crippen LogP contribution in [0.3, 0.4) is 0 Å². The van der Waals surface area contributed by atoms with Crippen molar-refractivity contribution in [3.63, 3.8) is 0 Å². The molecular weight excluding hydrogens is 479 g/mol. The van der Waals surface area contributed by atoms with E-state index in [1.807, 2.05) is 5.38 Å². The first-order chi connectivity index (χ1) is 17.4. The standard InChI is InChI=1S/C27H27FN4O3S/c28-18-10-7-16(8-11-18)23-15-25(33)30-21-14-17(26(34)31-20-5-2-1-4-19(20)29)9-12-22(21)32(23)27(35)24-6-3-13-36-24/h3,6-14,19-20,23H,1-2,4-5,15,29H2,(H,30,33)(H,31,34). The lowest BCUT2D eigenvalue weighted by molar-refractivity contribution is -0.116. The molecule has 2 aliphatic rings. The lowest BCUT2D eigenvalue weighted by atomic mass is 9.91. The number of carbonyl (C=O) groups excluding carboxylic acids is 3. The quantitative estimate of drug-likeness (QED) is 0.480. The van der Waals surface area contributed by atoms with Gasteiger partial charge in [-0.2, -0.15) is 0 Å². The number of carbonyl (C=O) groups is 3. The summed E-state index contributed by atoms with van der Waals surface area (Å²) in [7, 11) is 0. The molecule has 0 radical (unpaired) electrons. The molecule has 7 nitrogen and oxygen atoms in total. The highest BCUT2D eigenvalue weighted by Gasteiger charge is 2.35. The number of anilines is 2. The molecule has 1 aliphatic heterocycles. The molecule has 0 saturated heterocycles. The molecule has 2 aromatic carbocycles. The van der Waals surface area contributed by atoms with Crippen molar-refractivity contribution in [2.45, 2.75) is 50.2 Å². The molecule has 0 spiro atoms. The first kappa shape index (κ1) is 24.1. The van der Waals surface area contributed by atoms with Crippen molar-refractivity contribution in [3.05, 3.63) is 81.8 Å². The Bertz CT molecular complexity index is 1280. The highest BCUT2D eigenvalue weighted by atomic mass is 32.1. The van der Waals surface area contributed by atoms with Gasteiger partial charge in [-0.05, 0) is 60.2 Å². The van der Waals surface area contributed by atoms with Crippen LogP contribution in [0.25, 0.3) is 0 Å². The first-order valence-electron chi connectivity index (χ1n) is 12.0. The number of nitrogens with two attached hydrogens (primary N) is 1. The Balaban J connectivity index is 1.53. The van der Waals surface area contributed by atoms with Crippen LogP contribution in [0.5, 0.6) is 0 Å². The molecule has 36 heavy (non-hydrogen) atoms. The second-order valence-corrected chi connectivity index (χ2v) is 10.2. The van der Waals surface area contributed by atoms with E-state index in [0.29, 0.717) is 27.4 Å². The van der Waals surface area contributed by atoms with Gasteiger partial charge in [0.2, 0.25) is 5.91 Å². The molecule has 5 rings (SSSR count). The predicted octanol–water partition coefficient (Wildman–Crippen LogP) is 4.62. The topological polar surface area (TPSA) is 105 Å². The Labute approximate surface area is 212 Å². The third kappa shape index (κ3) is 4.89. The van der Waals surface area contributed by atoms with Gasteiger partial charge < -0.3 is 16.4 Å². The van der Waals surface area contributed by atoms with Gasteiger partial charge >= 0.3 is 0 Å². The predicted molar refractivity (Wildman–Crippen MR) is 138 cm³/mol. The largest absolute Gasteiger partial charge is 0.348 e. The summed E-state index contributed by atoms with van der Waals surface area (Å²) < 4.78 is 13.6. The molecule has 3 aromatic rings. The van der Waals surface area contributed by atoms with Gasteiger partial charge in [0.05, 0.1) is 28.7 Å². The van der Waals surface area contributed by atoms with Crippen LogP contribution in [0.1, 0.15) is 63.7 Å². The molecule has 9 heteroatoms. The zero-order valence-electron chi connectivity index (χ0n) is 19.6. The smallest absolute Gasteiger partial charge is 0.268 e. The first-order valence-corrected chi connectivity index (χ1v) is 12.9. The minimum absolute atomic E-state index is 0.0180. The number of rotatable bonds is 4. The van der Waals surface area contributed by atoms with Gasteiger partial charge in [-0.1, -0.05) is 31.0 Å². The van der Waals surface area contributed by atoms with E-state index in [9.17, 15) is 18.8 Å². The van der Waals surface area contributed by atoms with Crippen molar-refractivity contribution in [3.8, 4) is 0 Å². The maximum atomic E-state index is 13.7. The maximum Gasteiger partial charge on any atom is 0.268 e. The number of hydrogen-bond donors (Lipinski definition) is 3. The van der Waals surface area contributed by atoms with E-state index in [1.54, 1.807) is 47.4 Å². The Morgan fingerprint density at radius 3 is 2.58 bits per heavy atom. The molecule has 2 heterocycles. The summed E-state index contributed by atoms with van der Waals surface area (Å²) in [4.78, 5) is 41.7. The van der Waals surface area contributed by atoms with Gasteiger partial charge in [0, 0.05) is 17.6 Å². The van der Waals surface area contributed by atoms with Crippen LogP contribution in [-0.2, 0) is 4.79 Å². The van der Waals surface area contributed by atoms with Crippen LogP contribution in [0.15, 0.2) is 60.0 Å². The normalized spacial score (nSPS) is 21.8. The van der Waals surface area contributed by atoms with Crippen molar-refractivity contribution in [2.24, 2.45) is 5.73 Å². The van der Waals surface area contributed by atoms with Crippen LogP contribution in [-0.4, -0.2) is 29.8 Å². The fourth-order valence-electron chi connectivity index (χ4n) is 4.94. The Hall–Kier alpha value is -3.56. The van der Waals surface area contributed by atoms with E-state index < -0.39 is 11.9 Å². The molecule has 1 aromatic heterocycles. The molecule has 186 valence electrons. The second kappa shape index (κ2) is 10.2. The van der Waals surface area contributed by atoms with E-state index in [0.717, 1.165) is 25.7 Å². The summed E-state index contributed by atoms with van der Waals surface area (Å²) in [6.45, 7) is 0. The summed E-state index contributed by atoms with van der Waals surface area (Å²) in [5, 5.41) is 7.70. The molecule has 1 aliphatic carbocycles. The summed E-state index contributed by atoms with van der Waals surface area (Å²) >= 11 is 1.30. The minimum Gasteiger partial charge on any atom is -0.348 e. The van der Waals surface area contributed by atoms with Gasteiger partial charge in [0.25, 0.3) is 11.8 Å². The van der Waals surface area contributed by atoms with Gasteiger partial charge in [-0.25, -0.2) is 4.39 Å². The molecule has 0 bridgehead atoms. The van der Waals surface area contributed by atoms with Gasteiger partial charge in [0.15, 0.2) is 0 Å². The van der Waals surface area contributed by atoms with E-state index in [2.05, 4.69) is 10.6 Å². The molecule has 1 saturated carbocycles. The number of thiophene rings is 1. The van der Waals surface area contributed by atoms with Crippen molar-refractivity contribution in [1.82, 2.24) is 5.32 Å². The zero-order chi connectivity index (χ0) is 25.2. The third-order valence-electron chi connectivity index (χ3n) is 6.82. The second-order valence-electron chi connectivity index (χ2n) is 9.23. The van der Waals surface area contributed by atoms with Gasteiger partial charge in [-0.3, -0.25) is 19.3 Å². The SMILES string of the molecule is NC1CCCCC1NC(=O)c1ccc2c(c1)NC(=O)CC(c1ccc(F)cc1)N2C(=O)c1cccs1. The Morgan fingerprint density at radius 1 is 1.08 bits per heavy atom. The molecule has 3 atom stereocenters. The van der Waals surface area contributed by atoms with E-state index in [4.69, 9.17) is 5.73 Å². The van der Waals surface area contributed by atoms with Gasteiger partial charge in [-0.15, -0.1) is 11.3 Å². The third-order valence-corrected chi connectivity index (χ3v) is 7.68. The number of amides is 3.